The number of halogens is 1. The number of carbonyl (C=O) groups is 2. The Bertz CT molecular complexity index is 1060. The zero-order chi connectivity index (χ0) is 20.5. The zero-order valence-electron chi connectivity index (χ0n) is 15.6. The highest BCUT2D eigenvalue weighted by Crippen LogP contribution is 2.37. The van der Waals surface area contributed by atoms with E-state index in [2.05, 4.69) is 27.1 Å². The van der Waals surface area contributed by atoms with Gasteiger partial charge in [-0.25, -0.2) is 14.2 Å². The minimum absolute atomic E-state index is 0.0433. The van der Waals surface area contributed by atoms with Gasteiger partial charge in [0.1, 0.15) is 12.4 Å². The Kier molecular flexibility index (Phi) is 4.92. The van der Waals surface area contributed by atoms with Crippen molar-refractivity contribution in [3.05, 3.63) is 46.8 Å². The number of carbonyl (C=O) groups excluding carboxylic acids is 2. The Labute approximate surface area is 161 Å². The Morgan fingerprint density at radius 1 is 1.43 bits per heavy atom. The Morgan fingerprint density at radius 3 is 2.82 bits per heavy atom. The van der Waals surface area contributed by atoms with Gasteiger partial charge in [0.2, 0.25) is 0 Å². The topological polar surface area (TPSA) is 110 Å². The van der Waals surface area contributed by atoms with Gasteiger partial charge in [-0.1, -0.05) is 11.8 Å². The molecule has 0 radical (unpaired) electrons. The van der Waals surface area contributed by atoms with Gasteiger partial charge in [-0.15, -0.1) is 0 Å². The fourth-order valence-corrected chi connectivity index (χ4v) is 2.70. The number of benzene rings is 1. The maximum Gasteiger partial charge on any atom is 0.404 e. The highest BCUT2D eigenvalue weighted by molar-refractivity contribution is 6.35. The lowest BCUT2D eigenvalue weighted by atomic mass is 9.93. The highest BCUT2D eigenvalue weighted by Gasteiger charge is 2.29. The molecule has 0 bridgehead atoms. The molecule has 4 N–H and O–H groups in total. The molecule has 0 spiro atoms. The summed E-state index contributed by atoms with van der Waals surface area (Å²) in [4.78, 5) is 30.4. The monoisotopic (exact) mass is 382 g/mol. The van der Waals surface area contributed by atoms with Crippen LogP contribution < -0.4 is 11.1 Å². The van der Waals surface area contributed by atoms with E-state index >= 15 is 0 Å². The van der Waals surface area contributed by atoms with Crippen LogP contribution in [0.25, 0.3) is 11.6 Å². The molecule has 0 aliphatic carbocycles. The molecule has 28 heavy (non-hydrogen) atoms. The van der Waals surface area contributed by atoms with Crippen molar-refractivity contribution in [1.29, 1.82) is 0 Å². The van der Waals surface area contributed by atoms with E-state index in [4.69, 9.17) is 10.5 Å². The Balaban J connectivity index is 2.07. The van der Waals surface area contributed by atoms with Crippen molar-refractivity contribution < 1.29 is 18.7 Å². The summed E-state index contributed by atoms with van der Waals surface area (Å²) < 4.78 is 19.4. The Morgan fingerprint density at radius 2 is 2.18 bits per heavy atom. The van der Waals surface area contributed by atoms with Gasteiger partial charge in [-0.3, -0.25) is 4.79 Å². The van der Waals surface area contributed by atoms with Crippen molar-refractivity contribution in [2.24, 2.45) is 11.1 Å². The molecule has 0 saturated carbocycles. The average molecular weight is 382 g/mol. The van der Waals surface area contributed by atoms with E-state index < -0.39 is 17.3 Å². The largest absolute Gasteiger partial charge is 0.448 e. The summed E-state index contributed by atoms with van der Waals surface area (Å²) >= 11 is 0. The van der Waals surface area contributed by atoms with Gasteiger partial charge >= 0.3 is 6.09 Å². The predicted octanol–water partition coefficient (Wildman–Crippen LogP) is 2.82. The third-order valence-electron chi connectivity index (χ3n) is 4.17. The number of H-pyrrole nitrogens is 1. The molecular formula is C20H19FN4O3. The van der Waals surface area contributed by atoms with Crippen LogP contribution in [-0.2, 0) is 9.53 Å². The van der Waals surface area contributed by atoms with E-state index in [9.17, 15) is 14.0 Å². The quantitative estimate of drug-likeness (QED) is 0.560. The fraction of sp³-hybridized carbons (Fsp3) is 0.250. The molecule has 144 valence electrons. The lowest BCUT2D eigenvalue weighted by Gasteiger charge is -2.16. The van der Waals surface area contributed by atoms with E-state index in [0.717, 1.165) is 5.69 Å². The minimum atomic E-state index is -0.906. The SMILES string of the molecule is Cc1[nH]cnc1C=C1C(=O)Nc2ccc(F)c(C#CC(C)(C)COC(N)=O)c21. The molecule has 8 heteroatoms. The zero-order valence-corrected chi connectivity index (χ0v) is 15.6. The smallest absolute Gasteiger partial charge is 0.404 e. The van der Waals surface area contributed by atoms with Gasteiger partial charge in [0.25, 0.3) is 5.91 Å². The summed E-state index contributed by atoms with van der Waals surface area (Å²) in [6.07, 6.45) is 2.21. The second-order valence-corrected chi connectivity index (χ2v) is 7.01. The fourth-order valence-electron chi connectivity index (χ4n) is 2.70. The first-order valence-electron chi connectivity index (χ1n) is 8.49. The molecule has 7 nitrogen and oxygen atoms in total. The van der Waals surface area contributed by atoms with E-state index in [1.165, 1.54) is 18.5 Å². The number of primary amides is 1. The van der Waals surface area contributed by atoms with Crippen LogP contribution in [-0.4, -0.2) is 28.6 Å². The maximum atomic E-state index is 14.6. The minimum Gasteiger partial charge on any atom is -0.448 e. The molecule has 3 rings (SSSR count). The molecule has 2 heterocycles. The van der Waals surface area contributed by atoms with Crippen molar-refractivity contribution in [2.45, 2.75) is 20.8 Å². The van der Waals surface area contributed by atoms with Crippen molar-refractivity contribution >= 4 is 29.3 Å². The number of hydrogen-bond acceptors (Lipinski definition) is 4. The number of fused-ring (bicyclic) bond motifs is 1. The summed E-state index contributed by atoms with van der Waals surface area (Å²) in [5, 5.41) is 2.72. The number of imidazole rings is 1. The number of nitrogens with one attached hydrogen (secondary N) is 2. The molecule has 0 atom stereocenters. The first kappa shape index (κ1) is 19.2. The first-order valence-corrected chi connectivity index (χ1v) is 8.49. The number of nitrogens with zero attached hydrogens (tertiary/aromatic N) is 1. The molecule has 1 aliphatic rings. The average Bonchev–Trinajstić information content (AvgIpc) is 3.16. The van der Waals surface area contributed by atoms with Crippen LogP contribution in [0.5, 0.6) is 0 Å². The van der Waals surface area contributed by atoms with Crippen LogP contribution in [0.4, 0.5) is 14.9 Å². The number of ether oxygens (including phenoxy) is 1. The number of aromatic nitrogens is 2. The van der Waals surface area contributed by atoms with E-state index in [1.54, 1.807) is 19.9 Å². The Hall–Kier alpha value is -3.60. The first-order chi connectivity index (χ1) is 13.2. The molecule has 0 fully saturated rings. The van der Waals surface area contributed by atoms with Gasteiger partial charge in [0.05, 0.1) is 34.3 Å². The number of rotatable bonds is 3. The van der Waals surface area contributed by atoms with E-state index in [1.807, 2.05) is 6.92 Å². The third kappa shape index (κ3) is 3.88. The van der Waals surface area contributed by atoms with Crippen molar-refractivity contribution in [2.75, 3.05) is 11.9 Å². The molecular weight excluding hydrogens is 363 g/mol. The van der Waals surface area contributed by atoms with Gasteiger partial charge in [-0.2, -0.15) is 0 Å². The molecule has 2 aromatic rings. The number of nitrogens with two attached hydrogens (primary N) is 1. The molecule has 1 aromatic carbocycles. The summed E-state index contributed by atoms with van der Waals surface area (Å²) in [5.74, 6) is 4.78. The number of aromatic amines is 1. The molecule has 2 amide bonds. The summed E-state index contributed by atoms with van der Waals surface area (Å²) in [6, 6.07) is 2.74. The molecule has 0 unspecified atom stereocenters. The van der Waals surface area contributed by atoms with Gasteiger partial charge in [-0.05, 0) is 39.0 Å². The van der Waals surface area contributed by atoms with Crippen molar-refractivity contribution in [3.63, 3.8) is 0 Å². The second-order valence-electron chi connectivity index (χ2n) is 7.01. The number of anilines is 1. The van der Waals surface area contributed by atoms with Gasteiger partial charge in [0, 0.05) is 11.3 Å². The van der Waals surface area contributed by atoms with Crippen LogP contribution in [0.1, 0.15) is 36.4 Å². The maximum absolute atomic E-state index is 14.6. The van der Waals surface area contributed by atoms with Gasteiger partial charge < -0.3 is 20.8 Å². The van der Waals surface area contributed by atoms with Crippen LogP contribution in [0.3, 0.4) is 0 Å². The summed E-state index contributed by atoms with van der Waals surface area (Å²) in [6.45, 7) is 5.24. The lowest BCUT2D eigenvalue weighted by molar-refractivity contribution is -0.110. The third-order valence-corrected chi connectivity index (χ3v) is 4.17. The summed E-state index contributed by atoms with van der Waals surface area (Å²) in [5.41, 5.74) is 6.80. The van der Waals surface area contributed by atoms with Crippen molar-refractivity contribution in [1.82, 2.24) is 9.97 Å². The van der Waals surface area contributed by atoms with Crippen LogP contribution in [0, 0.1) is 30.0 Å². The van der Waals surface area contributed by atoms with Crippen molar-refractivity contribution in [3.8, 4) is 11.8 Å². The number of amides is 2. The van der Waals surface area contributed by atoms with Gasteiger partial charge in [0.15, 0.2) is 0 Å². The molecule has 1 aliphatic heterocycles. The highest BCUT2D eigenvalue weighted by atomic mass is 19.1. The number of aryl methyl sites for hydroxylation is 1. The normalized spacial score (nSPS) is 14.3. The van der Waals surface area contributed by atoms with Crippen LogP contribution in [0.15, 0.2) is 18.5 Å². The lowest BCUT2D eigenvalue weighted by Crippen LogP contribution is -2.23. The predicted molar refractivity (Wildman–Crippen MR) is 102 cm³/mol. The van der Waals surface area contributed by atoms with Crippen LogP contribution in [0.2, 0.25) is 0 Å². The van der Waals surface area contributed by atoms with Crippen LogP contribution >= 0.6 is 0 Å². The molecule has 1 aromatic heterocycles. The number of hydrogen-bond donors (Lipinski definition) is 3. The standard InChI is InChI=1S/C20H19FN4O3/c1-11-16(24-10-23-11)8-13-17-12(6-7-20(2,3)9-28-19(22)27)14(21)4-5-15(17)25-18(13)26/h4-5,8,10H,9H2,1-3H3,(H2,22,27)(H,23,24)(H,25,26). The summed E-state index contributed by atoms with van der Waals surface area (Å²) in [7, 11) is 0. The van der Waals surface area contributed by atoms with E-state index in [0.29, 0.717) is 16.9 Å². The molecule has 0 saturated heterocycles. The van der Waals surface area contributed by atoms with E-state index in [-0.39, 0.29) is 23.7 Å². The second kappa shape index (κ2) is 7.19.